The molecule has 1 heterocycles. The largest absolute Gasteiger partial charge is 0.478 e. The maximum absolute atomic E-state index is 11.9. The number of benzene rings is 1. The summed E-state index contributed by atoms with van der Waals surface area (Å²) in [5, 5.41) is 15.6. The fraction of sp³-hybridized carbons (Fsp3) is 0.353. The van der Waals surface area contributed by atoms with Crippen molar-refractivity contribution in [1.29, 1.82) is 0 Å². The molecule has 0 amide bonds. The van der Waals surface area contributed by atoms with E-state index in [4.69, 9.17) is 10.2 Å². The minimum absolute atomic E-state index is 0.335. The van der Waals surface area contributed by atoms with E-state index in [1.54, 1.807) is 0 Å². The normalized spacial score (nSPS) is 22.9. The molecule has 1 aliphatic heterocycles. The van der Waals surface area contributed by atoms with Gasteiger partial charge in [0.1, 0.15) is 0 Å². The van der Waals surface area contributed by atoms with Crippen LogP contribution in [0.5, 0.6) is 0 Å². The number of nitrogens with zero attached hydrogens (tertiary/aromatic N) is 1. The maximum Gasteiger partial charge on any atom is 0.328 e. The third-order valence-electron chi connectivity index (χ3n) is 4.10. The Kier molecular flexibility index (Phi) is 5.28. The molecule has 0 radical (unpaired) electrons. The van der Waals surface area contributed by atoms with Gasteiger partial charge in [-0.15, -0.1) is 0 Å². The average Bonchev–Trinajstić information content (AvgIpc) is 2.87. The first-order valence-corrected chi connectivity index (χ1v) is 7.33. The lowest BCUT2D eigenvalue weighted by Crippen LogP contribution is -2.23. The number of aliphatic carboxylic acids is 2. The number of carbonyl (C=O) groups excluding carboxylic acids is 1. The highest BCUT2D eigenvalue weighted by molar-refractivity contribution is 5.99. The minimum atomic E-state index is -1.26. The van der Waals surface area contributed by atoms with Gasteiger partial charge in [-0.3, -0.25) is 4.79 Å². The van der Waals surface area contributed by atoms with Crippen molar-refractivity contribution in [3.63, 3.8) is 0 Å². The molecule has 1 aromatic carbocycles. The van der Waals surface area contributed by atoms with Crippen molar-refractivity contribution in [2.75, 3.05) is 20.1 Å². The van der Waals surface area contributed by atoms with Crippen LogP contribution in [0.25, 0.3) is 0 Å². The highest BCUT2D eigenvalue weighted by atomic mass is 16.4. The van der Waals surface area contributed by atoms with Crippen LogP contribution in [0.2, 0.25) is 0 Å². The molecule has 0 bridgehead atoms. The first-order chi connectivity index (χ1) is 10.9. The predicted octanol–water partition coefficient (Wildman–Crippen LogP) is 1.63. The molecule has 1 fully saturated rings. The van der Waals surface area contributed by atoms with Crippen LogP contribution >= 0.6 is 0 Å². The lowest BCUT2D eigenvalue weighted by Gasteiger charge is -2.26. The molecular formula is C17H19NO5. The summed E-state index contributed by atoms with van der Waals surface area (Å²) in [6.45, 7) is 2.18. The van der Waals surface area contributed by atoms with Crippen molar-refractivity contribution in [3.8, 4) is 0 Å². The van der Waals surface area contributed by atoms with E-state index in [1.165, 1.54) is 5.56 Å². The van der Waals surface area contributed by atoms with Gasteiger partial charge >= 0.3 is 11.9 Å². The van der Waals surface area contributed by atoms with E-state index in [-0.39, 0.29) is 0 Å². The molecule has 2 unspecified atom stereocenters. The molecule has 2 N–H and O–H groups in total. The number of hydrogen-bond donors (Lipinski definition) is 2. The number of fused-ring (bicyclic) bond motifs is 3. The molecule has 0 saturated carbocycles. The van der Waals surface area contributed by atoms with Gasteiger partial charge in [-0.2, -0.15) is 0 Å². The van der Waals surface area contributed by atoms with Crippen molar-refractivity contribution < 1.29 is 24.6 Å². The summed E-state index contributed by atoms with van der Waals surface area (Å²) in [4.78, 5) is 33.4. The fourth-order valence-electron chi connectivity index (χ4n) is 3.21. The van der Waals surface area contributed by atoms with Crippen LogP contribution in [0.15, 0.2) is 36.4 Å². The third kappa shape index (κ3) is 4.26. The molecule has 23 heavy (non-hydrogen) atoms. The molecule has 1 aliphatic carbocycles. The zero-order chi connectivity index (χ0) is 17.0. The SMILES string of the molecule is CN1CC2CC(=O)c3ccccc3C2C1.O=C(O)C=CC(=O)O. The molecule has 1 saturated heterocycles. The van der Waals surface area contributed by atoms with Gasteiger partial charge in [0.2, 0.25) is 0 Å². The Morgan fingerprint density at radius 1 is 1.13 bits per heavy atom. The predicted molar refractivity (Wildman–Crippen MR) is 83.5 cm³/mol. The fourth-order valence-corrected chi connectivity index (χ4v) is 3.21. The van der Waals surface area contributed by atoms with Gasteiger partial charge in [-0.1, -0.05) is 24.3 Å². The molecule has 1 aromatic rings. The minimum Gasteiger partial charge on any atom is -0.478 e. The van der Waals surface area contributed by atoms with Crippen molar-refractivity contribution in [1.82, 2.24) is 4.90 Å². The summed E-state index contributed by atoms with van der Waals surface area (Å²) in [6, 6.07) is 8.12. The third-order valence-corrected chi connectivity index (χ3v) is 4.10. The van der Waals surface area contributed by atoms with Gasteiger partial charge in [-0.05, 0) is 18.5 Å². The molecule has 0 spiro atoms. The lowest BCUT2D eigenvalue weighted by atomic mass is 9.76. The van der Waals surface area contributed by atoms with Gasteiger partial charge in [-0.25, -0.2) is 9.59 Å². The van der Waals surface area contributed by atoms with Crippen LogP contribution in [0.1, 0.15) is 28.3 Å². The first-order valence-electron chi connectivity index (χ1n) is 7.33. The molecular weight excluding hydrogens is 298 g/mol. The van der Waals surface area contributed by atoms with Gasteiger partial charge in [0.05, 0.1) is 0 Å². The number of carboxylic acid groups (broad SMARTS) is 2. The van der Waals surface area contributed by atoms with Crippen LogP contribution in [-0.2, 0) is 9.59 Å². The highest BCUT2D eigenvalue weighted by Crippen LogP contribution is 2.40. The Hall–Kier alpha value is -2.47. The van der Waals surface area contributed by atoms with Crippen LogP contribution < -0.4 is 0 Å². The summed E-state index contributed by atoms with van der Waals surface area (Å²) < 4.78 is 0. The average molecular weight is 317 g/mol. The van der Waals surface area contributed by atoms with Crippen molar-refractivity contribution in [2.45, 2.75) is 12.3 Å². The Morgan fingerprint density at radius 2 is 1.74 bits per heavy atom. The molecule has 2 aliphatic rings. The smallest absolute Gasteiger partial charge is 0.328 e. The standard InChI is InChI=1S/C13H15NO.C4H4O4/c1-14-7-9-6-13(15)11-5-3-2-4-10(11)12(9)8-14;5-3(6)1-2-4(7)8/h2-5,9,12H,6-8H2,1H3;1-2H,(H,5,6)(H,7,8). The van der Waals surface area contributed by atoms with Crippen molar-refractivity contribution in [3.05, 3.63) is 47.5 Å². The van der Waals surface area contributed by atoms with Crippen LogP contribution in [0.3, 0.4) is 0 Å². The van der Waals surface area contributed by atoms with E-state index in [0.29, 0.717) is 29.8 Å². The number of ketones is 1. The molecule has 0 aromatic heterocycles. The molecule has 122 valence electrons. The number of carboxylic acids is 2. The number of hydrogen-bond acceptors (Lipinski definition) is 4. The summed E-state index contributed by atoms with van der Waals surface area (Å²) in [5.41, 5.74) is 2.25. The van der Waals surface area contributed by atoms with Crippen LogP contribution in [0.4, 0.5) is 0 Å². The molecule has 3 rings (SSSR count). The van der Waals surface area contributed by atoms with E-state index in [2.05, 4.69) is 18.0 Å². The Bertz CT molecular complexity index is 636. The lowest BCUT2D eigenvalue weighted by molar-refractivity contribution is -0.134. The number of rotatable bonds is 2. The monoisotopic (exact) mass is 317 g/mol. The van der Waals surface area contributed by atoms with E-state index in [0.717, 1.165) is 25.1 Å². The summed E-state index contributed by atoms with van der Waals surface area (Å²) in [6.07, 6.45) is 1.86. The Morgan fingerprint density at radius 3 is 2.35 bits per heavy atom. The number of Topliss-reactive ketones (excluding diaryl/α,β-unsaturated/α-hetero) is 1. The van der Waals surface area contributed by atoms with E-state index in [1.807, 2.05) is 18.2 Å². The second-order valence-electron chi connectivity index (χ2n) is 5.81. The second-order valence-corrected chi connectivity index (χ2v) is 5.81. The molecule has 6 heteroatoms. The van der Waals surface area contributed by atoms with E-state index in [9.17, 15) is 14.4 Å². The van der Waals surface area contributed by atoms with E-state index < -0.39 is 11.9 Å². The van der Waals surface area contributed by atoms with Gasteiger partial charge in [0.25, 0.3) is 0 Å². The number of likely N-dealkylation sites (N-methyl/N-ethyl adjacent to an activating group) is 1. The Labute approximate surface area is 134 Å². The zero-order valence-electron chi connectivity index (χ0n) is 12.8. The highest BCUT2D eigenvalue weighted by Gasteiger charge is 2.38. The zero-order valence-corrected chi connectivity index (χ0v) is 12.8. The van der Waals surface area contributed by atoms with Crippen LogP contribution in [-0.4, -0.2) is 53.0 Å². The summed E-state index contributed by atoms with van der Waals surface area (Å²) in [5.74, 6) is -1.04. The van der Waals surface area contributed by atoms with Crippen molar-refractivity contribution >= 4 is 17.7 Å². The topological polar surface area (TPSA) is 94.9 Å². The molecule has 2 atom stereocenters. The summed E-state index contributed by atoms with van der Waals surface area (Å²) in [7, 11) is 2.14. The van der Waals surface area contributed by atoms with Crippen LogP contribution in [0, 0.1) is 5.92 Å². The first kappa shape index (κ1) is 16.9. The van der Waals surface area contributed by atoms with Crippen molar-refractivity contribution in [2.24, 2.45) is 5.92 Å². The van der Waals surface area contributed by atoms with E-state index >= 15 is 0 Å². The second kappa shape index (κ2) is 7.19. The molecule has 6 nitrogen and oxygen atoms in total. The van der Waals surface area contributed by atoms with Gasteiger partial charge in [0.15, 0.2) is 5.78 Å². The number of carbonyl (C=O) groups is 3. The maximum atomic E-state index is 11.9. The Balaban J connectivity index is 0.000000207. The quantitative estimate of drug-likeness (QED) is 0.805. The van der Waals surface area contributed by atoms with Gasteiger partial charge < -0.3 is 15.1 Å². The summed E-state index contributed by atoms with van der Waals surface area (Å²) >= 11 is 0. The van der Waals surface area contributed by atoms with Gasteiger partial charge in [0, 0.05) is 43.1 Å². The number of likely N-dealkylation sites (tertiary alicyclic amines) is 1.